The van der Waals surface area contributed by atoms with Crippen molar-refractivity contribution in [3.05, 3.63) is 48.8 Å². The lowest BCUT2D eigenvalue weighted by Crippen LogP contribution is -2.18. The topological polar surface area (TPSA) is 85.2 Å². The van der Waals surface area contributed by atoms with Crippen molar-refractivity contribution >= 4 is 29.0 Å². The monoisotopic (exact) mass is 438 g/mol. The summed E-state index contributed by atoms with van der Waals surface area (Å²) in [5.41, 5.74) is 2.93. The van der Waals surface area contributed by atoms with E-state index in [-0.39, 0.29) is 11.7 Å². The summed E-state index contributed by atoms with van der Waals surface area (Å²) in [6.07, 6.45) is 5.93. The van der Waals surface area contributed by atoms with Crippen LogP contribution < -0.4 is 10.2 Å². The van der Waals surface area contributed by atoms with Crippen LogP contribution in [0.1, 0.15) is 12.8 Å². The van der Waals surface area contributed by atoms with Crippen LogP contribution in [-0.4, -0.2) is 58.2 Å². The van der Waals surface area contributed by atoms with E-state index < -0.39 is 0 Å². The summed E-state index contributed by atoms with van der Waals surface area (Å²) in [5, 5.41) is 12.3. The van der Waals surface area contributed by atoms with Gasteiger partial charge in [-0.15, -0.1) is 10.2 Å². The maximum atomic E-state index is 12.5. The Morgan fingerprint density at radius 2 is 1.84 bits per heavy atom. The number of carbonyl (C=O) groups excluding carboxylic acids is 1. The number of amides is 1. The number of rotatable bonds is 9. The average Bonchev–Trinajstić information content (AvgIpc) is 3.48. The van der Waals surface area contributed by atoms with E-state index >= 15 is 0 Å². The number of carbonyl (C=O) groups is 1. The summed E-state index contributed by atoms with van der Waals surface area (Å²) in [6, 6.07) is 11.8. The minimum Gasteiger partial charge on any atom is -0.383 e. The third-order valence-electron chi connectivity index (χ3n) is 5.13. The molecule has 3 heterocycles. The van der Waals surface area contributed by atoms with Crippen molar-refractivity contribution < 1.29 is 9.53 Å². The van der Waals surface area contributed by atoms with E-state index in [0.29, 0.717) is 18.3 Å². The maximum Gasteiger partial charge on any atom is 0.234 e. The van der Waals surface area contributed by atoms with Gasteiger partial charge in [-0.1, -0.05) is 11.8 Å². The van der Waals surface area contributed by atoms with Crippen LogP contribution in [0, 0.1) is 0 Å². The lowest BCUT2D eigenvalue weighted by atomic mass is 10.2. The number of nitrogens with one attached hydrogen (secondary N) is 1. The van der Waals surface area contributed by atoms with E-state index in [9.17, 15) is 4.79 Å². The molecule has 0 spiro atoms. The van der Waals surface area contributed by atoms with Crippen molar-refractivity contribution in [2.75, 3.05) is 42.8 Å². The van der Waals surface area contributed by atoms with Gasteiger partial charge in [0.25, 0.3) is 0 Å². The van der Waals surface area contributed by atoms with Gasteiger partial charge in [0.2, 0.25) is 5.91 Å². The molecule has 1 aromatic carbocycles. The Hall–Kier alpha value is -2.91. The molecule has 1 aliphatic heterocycles. The van der Waals surface area contributed by atoms with Crippen LogP contribution in [0.5, 0.6) is 0 Å². The molecule has 0 aliphatic carbocycles. The van der Waals surface area contributed by atoms with Crippen molar-refractivity contribution in [2.45, 2.75) is 24.5 Å². The molecule has 0 unspecified atom stereocenters. The van der Waals surface area contributed by atoms with Crippen molar-refractivity contribution in [1.29, 1.82) is 0 Å². The second kappa shape index (κ2) is 10.4. The van der Waals surface area contributed by atoms with E-state index in [4.69, 9.17) is 4.74 Å². The smallest absolute Gasteiger partial charge is 0.234 e. The highest BCUT2D eigenvalue weighted by Gasteiger charge is 2.16. The summed E-state index contributed by atoms with van der Waals surface area (Å²) in [5.74, 6) is 0.903. The van der Waals surface area contributed by atoms with Crippen LogP contribution in [0.15, 0.2) is 53.9 Å². The van der Waals surface area contributed by atoms with Crippen LogP contribution in [0.3, 0.4) is 0 Å². The van der Waals surface area contributed by atoms with Gasteiger partial charge in [-0.2, -0.15) is 0 Å². The summed E-state index contributed by atoms with van der Waals surface area (Å²) in [4.78, 5) is 18.9. The first-order valence-electron chi connectivity index (χ1n) is 10.3. The van der Waals surface area contributed by atoms with Gasteiger partial charge in [0.15, 0.2) is 11.0 Å². The van der Waals surface area contributed by atoms with Gasteiger partial charge in [0.1, 0.15) is 0 Å². The molecule has 0 bridgehead atoms. The van der Waals surface area contributed by atoms with Gasteiger partial charge < -0.3 is 15.0 Å². The molecule has 1 amide bonds. The zero-order valence-corrected chi connectivity index (χ0v) is 18.3. The van der Waals surface area contributed by atoms with Crippen LogP contribution >= 0.6 is 11.8 Å². The quantitative estimate of drug-likeness (QED) is 0.513. The molecule has 1 saturated heterocycles. The fourth-order valence-corrected chi connectivity index (χ4v) is 4.32. The molecule has 1 fully saturated rings. The first kappa shape index (κ1) is 21.3. The predicted molar refractivity (Wildman–Crippen MR) is 122 cm³/mol. The molecule has 1 N–H and O–H groups in total. The summed E-state index contributed by atoms with van der Waals surface area (Å²) >= 11 is 1.36. The molecule has 162 valence electrons. The van der Waals surface area contributed by atoms with E-state index in [1.54, 1.807) is 19.5 Å². The molecular weight excluding hydrogens is 412 g/mol. The molecule has 1 aliphatic rings. The second-order valence-electron chi connectivity index (χ2n) is 7.26. The molecular formula is C22H26N6O2S. The molecule has 2 aromatic heterocycles. The highest BCUT2D eigenvalue weighted by atomic mass is 32.2. The number of anilines is 2. The van der Waals surface area contributed by atoms with Crippen LogP contribution in [0.25, 0.3) is 11.4 Å². The molecule has 0 saturated carbocycles. The van der Waals surface area contributed by atoms with Gasteiger partial charge in [0.05, 0.1) is 18.9 Å². The lowest BCUT2D eigenvalue weighted by molar-refractivity contribution is -0.113. The van der Waals surface area contributed by atoms with Crippen molar-refractivity contribution in [3.63, 3.8) is 0 Å². The number of hydrogen-bond donors (Lipinski definition) is 1. The average molecular weight is 439 g/mol. The summed E-state index contributed by atoms with van der Waals surface area (Å²) in [7, 11) is 1.66. The number of benzene rings is 1. The molecule has 3 aromatic rings. The van der Waals surface area contributed by atoms with Gasteiger partial charge in [-0.3, -0.25) is 14.3 Å². The SMILES string of the molecule is COCCn1c(SCC(=O)Nc2ccc(N3CCCC3)cc2)nnc1-c1ccncc1. The number of methoxy groups -OCH3 is 1. The Labute approximate surface area is 186 Å². The minimum absolute atomic E-state index is 0.0781. The van der Waals surface area contributed by atoms with Gasteiger partial charge in [-0.05, 0) is 49.2 Å². The van der Waals surface area contributed by atoms with E-state index in [0.717, 1.165) is 30.2 Å². The second-order valence-corrected chi connectivity index (χ2v) is 8.21. The zero-order chi connectivity index (χ0) is 21.5. The van der Waals surface area contributed by atoms with E-state index in [1.165, 1.54) is 30.3 Å². The zero-order valence-electron chi connectivity index (χ0n) is 17.5. The Morgan fingerprint density at radius 1 is 1.10 bits per heavy atom. The lowest BCUT2D eigenvalue weighted by Gasteiger charge is -2.17. The normalized spacial score (nSPS) is 13.5. The van der Waals surface area contributed by atoms with Crippen LogP contribution in [0.2, 0.25) is 0 Å². The third kappa shape index (κ3) is 5.42. The number of pyridine rings is 1. The van der Waals surface area contributed by atoms with Crippen molar-refractivity contribution in [3.8, 4) is 11.4 Å². The van der Waals surface area contributed by atoms with E-state index in [2.05, 4.69) is 37.5 Å². The molecule has 4 rings (SSSR count). The first-order chi connectivity index (χ1) is 15.2. The number of aromatic nitrogens is 4. The van der Waals surface area contributed by atoms with Gasteiger partial charge >= 0.3 is 0 Å². The molecule has 9 heteroatoms. The Morgan fingerprint density at radius 3 is 2.55 bits per heavy atom. The van der Waals surface area contributed by atoms with Gasteiger partial charge in [0, 0.05) is 49.5 Å². The number of hydrogen-bond acceptors (Lipinski definition) is 7. The minimum atomic E-state index is -0.0781. The van der Waals surface area contributed by atoms with E-state index in [1.807, 2.05) is 28.8 Å². The number of ether oxygens (including phenoxy) is 1. The Bertz CT molecular complexity index is 987. The van der Waals surface area contributed by atoms with Crippen LogP contribution in [-0.2, 0) is 16.1 Å². The Kier molecular flexibility index (Phi) is 7.16. The molecule has 8 nitrogen and oxygen atoms in total. The highest BCUT2D eigenvalue weighted by molar-refractivity contribution is 7.99. The fourth-order valence-electron chi connectivity index (χ4n) is 3.55. The maximum absolute atomic E-state index is 12.5. The fraction of sp³-hybridized carbons (Fsp3) is 0.364. The molecule has 0 atom stereocenters. The molecule has 31 heavy (non-hydrogen) atoms. The van der Waals surface area contributed by atoms with Crippen molar-refractivity contribution in [2.24, 2.45) is 0 Å². The standard InChI is InChI=1S/C22H26N6O2S/c1-30-15-14-28-21(17-8-10-23-11-9-17)25-26-22(28)31-16-20(29)24-18-4-6-19(7-5-18)27-12-2-3-13-27/h4-11H,2-3,12-16H2,1H3,(H,24,29). The first-order valence-corrected chi connectivity index (χ1v) is 11.3. The summed E-state index contributed by atoms with van der Waals surface area (Å²) < 4.78 is 7.21. The highest BCUT2D eigenvalue weighted by Crippen LogP contribution is 2.25. The van der Waals surface area contributed by atoms with Crippen molar-refractivity contribution in [1.82, 2.24) is 19.7 Å². The van der Waals surface area contributed by atoms with Crippen LogP contribution in [0.4, 0.5) is 11.4 Å². The molecule has 0 radical (unpaired) electrons. The van der Waals surface area contributed by atoms with Gasteiger partial charge in [-0.25, -0.2) is 0 Å². The Balaban J connectivity index is 1.38. The third-order valence-corrected chi connectivity index (χ3v) is 6.10. The predicted octanol–water partition coefficient (Wildman–Crippen LogP) is 3.32. The summed E-state index contributed by atoms with van der Waals surface area (Å²) in [6.45, 7) is 3.34. The number of thioether (sulfide) groups is 1. The number of nitrogens with zero attached hydrogens (tertiary/aromatic N) is 5. The largest absolute Gasteiger partial charge is 0.383 e.